The van der Waals surface area contributed by atoms with Gasteiger partial charge in [0, 0.05) is 71.4 Å². The van der Waals surface area contributed by atoms with Gasteiger partial charge in [-0.1, -0.05) is 17.7 Å². The summed E-state index contributed by atoms with van der Waals surface area (Å²) in [6, 6.07) is 14.0. The van der Waals surface area contributed by atoms with Gasteiger partial charge in [0.05, 0.1) is 7.11 Å². The number of nitrogens with zero attached hydrogens (tertiary/aromatic N) is 2. The molecule has 0 radical (unpaired) electrons. The zero-order valence-electron chi connectivity index (χ0n) is 16.2. The van der Waals surface area contributed by atoms with Crippen molar-refractivity contribution >= 4 is 39.3 Å². The second-order valence-corrected chi connectivity index (χ2v) is 7.96. The Morgan fingerprint density at radius 1 is 1.21 bits per heavy atom. The van der Waals surface area contributed by atoms with Gasteiger partial charge in [-0.3, -0.25) is 4.79 Å². The number of hydrogen-bond donors (Lipinski definition) is 1. The molecule has 1 amide bonds. The second kappa shape index (κ2) is 7.16. The summed E-state index contributed by atoms with van der Waals surface area (Å²) >= 11 is 6.14. The Morgan fingerprint density at radius 3 is 2.97 bits per heavy atom. The summed E-state index contributed by atoms with van der Waals surface area (Å²) in [4.78, 5) is 18.4. The fraction of sp³-hybridized carbons (Fsp3) is 0.261. The third kappa shape index (κ3) is 3.25. The van der Waals surface area contributed by atoms with Crippen molar-refractivity contribution in [2.75, 3.05) is 13.7 Å². The molecule has 2 aromatic heterocycles. The van der Waals surface area contributed by atoms with E-state index in [0.717, 1.165) is 40.5 Å². The number of carbonyl (C=O) groups excluding carboxylic acids is 1. The average Bonchev–Trinajstić information content (AvgIpc) is 3.31. The van der Waals surface area contributed by atoms with Crippen LogP contribution in [0.15, 0.2) is 48.7 Å². The van der Waals surface area contributed by atoms with Crippen LogP contribution in [0.1, 0.15) is 17.7 Å². The Balaban J connectivity index is 1.33. The zero-order valence-corrected chi connectivity index (χ0v) is 17.0. The standard InChI is InChI=1S/C23H22ClN3O2/c1-29-17-4-5-20-18(13-17)19-14-27(10-7-21(19)25-20)23(28)8-11-26-9-6-15-2-3-16(24)12-22(15)26/h2-6,9,12-13,25H,7-8,10-11,14H2,1H3. The molecule has 0 saturated heterocycles. The molecule has 5 nitrogen and oxygen atoms in total. The van der Waals surface area contributed by atoms with Crippen LogP contribution in [-0.4, -0.2) is 34.0 Å². The zero-order chi connectivity index (χ0) is 20.0. The molecule has 0 spiro atoms. The molecular weight excluding hydrogens is 386 g/mol. The van der Waals surface area contributed by atoms with Crippen molar-refractivity contribution in [1.29, 1.82) is 0 Å². The number of aromatic nitrogens is 2. The van der Waals surface area contributed by atoms with E-state index >= 15 is 0 Å². The number of halogens is 1. The lowest BCUT2D eigenvalue weighted by atomic mass is 10.0. The summed E-state index contributed by atoms with van der Waals surface area (Å²) in [6.45, 7) is 2.03. The summed E-state index contributed by atoms with van der Waals surface area (Å²) < 4.78 is 7.48. The quantitative estimate of drug-likeness (QED) is 0.530. The maximum Gasteiger partial charge on any atom is 0.224 e. The van der Waals surface area contributed by atoms with Gasteiger partial charge in [0.25, 0.3) is 0 Å². The lowest BCUT2D eigenvalue weighted by molar-refractivity contribution is -0.132. The molecule has 1 N–H and O–H groups in total. The van der Waals surface area contributed by atoms with E-state index in [-0.39, 0.29) is 5.91 Å². The number of H-pyrrole nitrogens is 1. The molecule has 2 aromatic carbocycles. The number of rotatable bonds is 4. The number of nitrogens with one attached hydrogen (secondary N) is 1. The van der Waals surface area contributed by atoms with Gasteiger partial charge >= 0.3 is 0 Å². The number of aromatic amines is 1. The van der Waals surface area contributed by atoms with E-state index < -0.39 is 0 Å². The van der Waals surface area contributed by atoms with Crippen molar-refractivity contribution in [2.24, 2.45) is 0 Å². The minimum absolute atomic E-state index is 0.178. The number of aryl methyl sites for hydroxylation is 1. The third-order valence-electron chi connectivity index (χ3n) is 5.84. The van der Waals surface area contributed by atoms with E-state index in [9.17, 15) is 4.79 Å². The van der Waals surface area contributed by atoms with Crippen LogP contribution in [0, 0.1) is 0 Å². The fourth-order valence-corrected chi connectivity index (χ4v) is 4.43. The number of ether oxygens (including phenoxy) is 1. The van der Waals surface area contributed by atoms with Crippen molar-refractivity contribution in [3.63, 3.8) is 0 Å². The van der Waals surface area contributed by atoms with Gasteiger partial charge in [-0.05, 0) is 41.8 Å². The molecule has 5 rings (SSSR count). The summed E-state index contributed by atoms with van der Waals surface area (Å²) in [7, 11) is 1.67. The molecule has 0 saturated carbocycles. The van der Waals surface area contributed by atoms with Gasteiger partial charge in [0.15, 0.2) is 0 Å². The third-order valence-corrected chi connectivity index (χ3v) is 6.07. The van der Waals surface area contributed by atoms with Crippen molar-refractivity contribution in [2.45, 2.75) is 25.9 Å². The van der Waals surface area contributed by atoms with E-state index in [4.69, 9.17) is 16.3 Å². The smallest absolute Gasteiger partial charge is 0.224 e. The highest BCUT2D eigenvalue weighted by molar-refractivity contribution is 6.31. The second-order valence-electron chi connectivity index (χ2n) is 7.52. The summed E-state index contributed by atoms with van der Waals surface area (Å²) in [5, 5.41) is 2.99. The van der Waals surface area contributed by atoms with E-state index in [0.29, 0.717) is 24.5 Å². The number of fused-ring (bicyclic) bond motifs is 4. The number of carbonyl (C=O) groups is 1. The fourth-order valence-electron chi connectivity index (χ4n) is 4.26. The molecular formula is C23H22ClN3O2. The molecule has 0 aliphatic carbocycles. The average molecular weight is 408 g/mol. The first-order valence-electron chi connectivity index (χ1n) is 9.82. The van der Waals surface area contributed by atoms with Crippen LogP contribution >= 0.6 is 11.6 Å². The molecule has 29 heavy (non-hydrogen) atoms. The van der Waals surface area contributed by atoms with Crippen molar-refractivity contribution in [3.05, 3.63) is 64.9 Å². The maximum atomic E-state index is 12.9. The highest BCUT2D eigenvalue weighted by atomic mass is 35.5. The largest absolute Gasteiger partial charge is 0.497 e. The van der Waals surface area contributed by atoms with Crippen LogP contribution in [-0.2, 0) is 24.3 Å². The predicted octanol–water partition coefficient (Wildman–Crippen LogP) is 4.76. The van der Waals surface area contributed by atoms with Gasteiger partial charge in [0.2, 0.25) is 5.91 Å². The summed E-state index contributed by atoms with van der Waals surface area (Å²) in [6.07, 6.45) is 3.34. The molecule has 0 fully saturated rings. The number of hydrogen-bond acceptors (Lipinski definition) is 2. The molecule has 0 bridgehead atoms. The molecule has 4 aromatic rings. The Bertz CT molecular complexity index is 1220. The lowest BCUT2D eigenvalue weighted by Crippen LogP contribution is -2.36. The van der Waals surface area contributed by atoms with Crippen molar-refractivity contribution in [1.82, 2.24) is 14.5 Å². The minimum Gasteiger partial charge on any atom is -0.497 e. The Hall–Kier alpha value is -2.92. The lowest BCUT2D eigenvalue weighted by Gasteiger charge is -2.27. The highest BCUT2D eigenvalue weighted by Gasteiger charge is 2.24. The minimum atomic E-state index is 0.178. The van der Waals surface area contributed by atoms with Crippen LogP contribution < -0.4 is 4.74 Å². The number of benzene rings is 2. The monoisotopic (exact) mass is 407 g/mol. The van der Waals surface area contributed by atoms with Crippen LogP contribution in [0.3, 0.4) is 0 Å². The van der Waals surface area contributed by atoms with E-state index in [1.807, 2.05) is 47.5 Å². The van der Waals surface area contributed by atoms with E-state index in [1.165, 1.54) is 11.3 Å². The number of amides is 1. The van der Waals surface area contributed by atoms with Gasteiger partial charge in [-0.2, -0.15) is 0 Å². The van der Waals surface area contributed by atoms with Gasteiger partial charge < -0.3 is 19.2 Å². The van der Waals surface area contributed by atoms with Crippen LogP contribution in [0.4, 0.5) is 0 Å². The molecule has 0 atom stereocenters. The topological polar surface area (TPSA) is 50.3 Å². The van der Waals surface area contributed by atoms with Crippen molar-refractivity contribution in [3.8, 4) is 5.75 Å². The number of methoxy groups -OCH3 is 1. The summed E-state index contributed by atoms with van der Waals surface area (Å²) in [5.74, 6) is 1.01. The molecule has 0 unspecified atom stereocenters. The predicted molar refractivity (Wildman–Crippen MR) is 116 cm³/mol. The Morgan fingerprint density at radius 2 is 2.10 bits per heavy atom. The first-order valence-corrected chi connectivity index (χ1v) is 10.2. The first kappa shape index (κ1) is 18.1. The van der Waals surface area contributed by atoms with Crippen LogP contribution in [0.5, 0.6) is 5.75 Å². The molecule has 3 heterocycles. The first-order chi connectivity index (χ1) is 14.1. The SMILES string of the molecule is COc1ccc2[nH]c3c(c2c1)CN(C(=O)CCn1ccc2ccc(Cl)cc21)CC3. The normalized spacial score (nSPS) is 13.8. The highest BCUT2D eigenvalue weighted by Crippen LogP contribution is 2.30. The molecule has 1 aliphatic rings. The molecule has 1 aliphatic heterocycles. The van der Waals surface area contributed by atoms with Crippen molar-refractivity contribution < 1.29 is 9.53 Å². The Kier molecular flexibility index (Phi) is 4.47. The van der Waals surface area contributed by atoms with Gasteiger partial charge in [0.1, 0.15) is 5.75 Å². The molecule has 6 heteroatoms. The van der Waals surface area contributed by atoms with E-state index in [2.05, 4.69) is 15.6 Å². The van der Waals surface area contributed by atoms with Crippen LogP contribution in [0.25, 0.3) is 21.8 Å². The van der Waals surface area contributed by atoms with Gasteiger partial charge in [-0.25, -0.2) is 0 Å². The maximum absolute atomic E-state index is 12.9. The van der Waals surface area contributed by atoms with Gasteiger partial charge in [-0.15, -0.1) is 0 Å². The van der Waals surface area contributed by atoms with Crippen LogP contribution in [0.2, 0.25) is 5.02 Å². The van der Waals surface area contributed by atoms with E-state index in [1.54, 1.807) is 7.11 Å². The Labute approximate surface area is 173 Å². The summed E-state index contributed by atoms with van der Waals surface area (Å²) in [5.41, 5.74) is 4.59. The molecule has 148 valence electrons.